The van der Waals surface area contributed by atoms with Crippen LogP contribution >= 0.6 is 0 Å². The zero-order chi connectivity index (χ0) is 23.1. The summed E-state index contributed by atoms with van der Waals surface area (Å²) >= 11 is 0. The number of piperidine rings is 1. The average Bonchev–Trinajstić information content (AvgIpc) is 3.21. The minimum atomic E-state index is -0.364. The number of carbonyl (C=O) groups is 1. The van der Waals surface area contributed by atoms with Gasteiger partial charge in [-0.2, -0.15) is 0 Å². The van der Waals surface area contributed by atoms with E-state index in [-0.39, 0.29) is 30.0 Å². The average molecular weight is 458 g/mol. The molecular formula is C27H39NO5. The number of fused-ring (bicyclic) bond motifs is 3. The summed E-state index contributed by atoms with van der Waals surface area (Å²) in [5.74, 6) is 3.23. The Morgan fingerprint density at radius 2 is 1.94 bits per heavy atom. The van der Waals surface area contributed by atoms with Gasteiger partial charge in [0.05, 0.1) is 18.8 Å². The molecule has 5 unspecified atom stereocenters. The van der Waals surface area contributed by atoms with Crippen molar-refractivity contribution < 1.29 is 24.1 Å². The quantitative estimate of drug-likeness (QED) is 0.612. The zero-order valence-electron chi connectivity index (χ0n) is 20.3. The number of hydrogen-bond donors (Lipinski definition) is 1. The van der Waals surface area contributed by atoms with E-state index in [4.69, 9.17) is 14.2 Å². The topological polar surface area (TPSA) is 68.2 Å². The van der Waals surface area contributed by atoms with Gasteiger partial charge in [0, 0.05) is 30.5 Å². The third kappa shape index (κ3) is 4.14. The van der Waals surface area contributed by atoms with Crippen molar-refractivity contribution in [2.45, 2.75) is 96.2 Å². The van der Waals surface area contributed by atoms with E-state index in [1.165, 1.54) is 32.1 Å². The molecule has 182 valence electrons. The van der Waals surface area contributed by atoms with E-state index in [1.807, 2.05) is 0 Å². The van der Waals surface area contributed by atoms with Gasteiger partial charge in [0.1, 0.15) is 5.76 Å². The number of ether oxygens (including phenoxy) is 3. The van der Waals surface area contributed by atoms with Crippen molar-refractivity contribution in [2.75, 3.05) is 13.7 Å². The van der Waals surface area contributed by atoms with E-state index >= 15 is 0 Å². The van der Waals surface area contributed by atoms with Crippen molar-refractivity contribution in [1.82, 2.24) is 4.90 Å². The lowest BCUT2D eigenvalue weighted by molar-refractivity contribution is -0.133. The summed E-state index contributed by atoms with van der Waals surface area (Å²) in [5, 5.41) is 11.3. The molecule has 0 radical (unpaired) electrons. The van der Waals surface area contributed by atoms with Crippen LogP contribution in [0.4, 0.5) is 0 Å². The number of hydrogen-bond acceptors (Lipinski definition) is 6. The smallest absolute Gasteiger partial charge is 0.343 e. The van der Waals surface area contributed by atoms with Gasteiger partial charge in [-0.15, -0.1) is 0 Å². The minimum Gasteiger partial charge on any atom is -0.492 e. The molecule has 0 spiro atoms. The highest BCUT2D eigenvalue weighted by Crippen LogP contribution is 2.49. The number of esters is 1. The summed E-state index contributed by atoms with van der Waals surface area (Å²) < 4.78 is 17.5. The SMILES string of the molecule is COC1=C(C)C(=O)OC1=C1OC2=CCCN3C(C(O)CC4CCCCC4)CCCC3C2C1C. The van der Waals surface area contributed by atoms with Gasteiger partial charge in [0.15, 0.2) is 11.5 Å². The maximum atomic E-state index is 12.2. The molecule has 0 amide bonds. The Morgan fingerprint density at radius 1 is 1.15 bits per heavy atom. The standard InChI is InChI=1S/C27H39NO5/c1-16-23-20-12-7-11-19(21(29)15-18-9-5-4-6-10-18)28(20)14-8-13-22(23)32-25(16)26-24(31-3)17(2)27(30)33-26/h13,16,18-21,23,29H,4-12,14-15H2,1-3H3. The van der Waals surface area contributed by atoms with Crippen LogP contribution < -0.4 is 0 Å². The molecule has 0 aromatic heterocycles. The van der Waals surface area contributed by atoms with E-state index in [0.29, 0.717) is 34.8 Å². The number of aliphatic hydroxyl groups is 1. The van der Waals surface area contributed by atoms with Crippen molar-refractivity contribution in [3.8, 4) is 0 Å². The number of rotatable bonds is 4. The van der Waals surface area contributed by atoms with Crippen LogP contribution in [0.1, 0.15) is 78.1 Å². The lowest BCUT2D eigenvalue weighted by atomic mass is 9.78. The third-order valence-electron chi connectivity index (χ3n) is 8.73. The molecule has 5 atom stereocenters. The third-order valence-corrected chi connectivity index (χ3v) is 8.73. The highest BCUT2D eigenvalue weighted by Gasteiger charge is 2.49. The van der Waals surface area contributed by atoms with Gasteiger partial charge in [-0.05, 0) is 44.6 Å². The van der Waals surface area contributed by atoms with E-state index in [9.17, 15) is 9.90 Å². The Labute approximate surface area is 197 Å². The van der Waals surface area contributed by atoms with Crippen LogP contribution in [0.5, 0.6) is 0 Å². The Morgan fingerprint density at radius 3 is 2.70 bits per heavy atom. The summed E-state index contributed by atoms with van der Waals surface area (Å²) in [7, 11) is 1.57. The Bertz CT molecular complexity index is 868. The van der Waals surface area contributed by atoms with Crippen LogP contribution in [0.15, 0.2) is 34.7 Å². The van der Waals surface area contributed by atoms with Crippen LogP contribution in [-0.4, -0.2) is 47.8 Å². The summed E-state index contributed by atoms with van der Waals surface area (Å²) in [6.07, 6.45) is 13.7. The molecule has 6 nitrogen and oxygen atoms in total. The molecule has 4 heterocycles. The molecule has 3 fully saturated rings. The number of cyclic esters (lactones) is 1. The Balaban J connectivity index is 1.38. The van der Waals surface area contributed by atoms with Crippen molar-refractivity contribution in [2.24, 2.45) is 17.8 Å². The predicted molar refractivity (Wildman–Crippen MR) is 125 cm³/mol. The van der Waals surface area contributed by atoms with Crippen LogP contribution in [0, 0.1) is 17.8 Å². The molecule has 2 saturated heterocycles. The minimum absolute atomic E-state index is 0.0786. The van der Waals surface area contributed by atoms with Crippen molar-refractivity contribution in [3.05, 3.63) is 34.7 Å². The Kier molecular flexibility index (Phi) is 6.58. The number of carbonyl (C=O) groups excluding carboxylic acids is 1. The van der Waals surface area contributed by atoms with Crippen LogP contribution in [0.3, 0.4) is 0 Å². The lowest BCUT2D eigenvalue weighted by Gasteiger charge is -2.46. The lowest BCUT2D eigenvalue weighted by Crippen LogP contribution is -2.55. The molecule has 4 aliphatic heterocycles. The molecule has 0 aromatic carbocycles. The van der Waals surface area contributed by atoms with Gasteiger partial charge in [-0.3, -0.25) is 4.90 Å². The fraction of sp³-hybridized carbons (Fsp3) is 0.741. The normalized spacial score (nSPS) is 36.5. The van der Waals surface area contributed by atoms with Crippen LogP contribution in [0.25, 0.3) is 0 Å². The summed E-state index contributed by atoms with van der Waals surface area (Å²) in [5.41, 5.74) is 0.488. The second kappa shape index (κ2) is 9.46. The number of allylic oxidation sites excluding steroid dienone is 1. The summed E-state index contributed by atoms with van der Waals surface area (Å²) in [4.78, 5) is 14.8. The van der Waals surface area contributed by atoms with Gasteiger partial charge >= 0.3 is 5.97 Å². The molecule has 0 aromatic rings. The zero-order valence-corrected chi connectivity index (χ0v) is 20.3. The van der Waals surface area contributed by atoms with E-state index in [1.54, 1.807) is 14.0 Å². The molecule has 5 rings (SSSR count). The summed E-state index contributed by atoms with van der Waals surface area (Å²) in [6.45, 7) is 4.87. The van der Waals surface area contributed by atoms with E-state index in [2.05, 4.69) is 17.9 Å². The molecule has 33 heavy (non-hydrogen) atoms. The fourth-order valence-electron chi connectivity index (χ4n) is 7.06. The van der Waals surface area contributed by atoms with Gasteiger partial charge in [0.25, 0.3) is 0 Å². The first kappa shape index (κ1) is 23.0. The second-order valence-corrected chi connectivity index (χ2v) is 10.7. The number of methoxy groups -OCH3 is 1. The van der Waals surface area contributed by atoms with E-state index < -0.39 is 0 Å². The molecule has 1 aliphatic carbocycles. The molecule has 1 N–H and O–H groups in total. The van der Waals surface area contributed by atoms with E-state index in [0.717, 1.165) is 44.4 Å². The monoisotopic (exact) mass is 457 g/mol. The van der Waals surface area contributed by atoms with Crippen LogP contribution in [0.2, 0.25) is 0 Å². The van der Waals surface area contributed by atoms with Crippen molar-refractivity contribution >= 4 is 5.97 Å². The molecule has 0 bridgehead atoms. The Hall–Kier alpha value is -1.79. The van der Waals surface area contributed by atoms with Gasteiger partial charge in [-0.1, -0.05) is 45.4 Å². The molecular weight excluding hydrogens is 418 g/mol. The molecule has 6 heteroatoms. The van der Waals surface area contributed by atoms with Crippen LogP contribution in [-0.2, 0) is 19.0 Å². The fourth-order valence-corrected chi connectivity index (χ4v) is 7.06. The molecule has 1 saturated carbocycles. The predicted octanol–water partition coefficient (Wildman–Crippen LogP) is 4.80. The first-order chi connectivity index (χ1) is 16.0. The van der Waals surface area contributed by atoms with Crippen molar-refractivity contribution in [3.63, 3.8) is 0 Å². The highest BCUT2D eigenvalue weighted by molar-refractivity contribution is 5.93. The highest BCUT2D eigenvalue weighted by atomic mass is 16.6. The van der Waals surface area contributed by atoms with Gasteiger partial charge in [0.2, 0.25) is 5.76 Å². The maximum Gasteiger partial charge on any atom is 0.343 e. The molecule has 5 aliphatic rings. The first-order valence-electron chi connectivity index (χ1n) is 13.0. The van der Waals surface area contributed by atoms with Gasteiger partial charge < -0.3 is 19.3 Å². The second-order valence-electron chi connectivity index (χ2n) is 10.7. The number of aliphatic hydroxyl groups excluding tert-OH is 1. The summed E-state index contributed by atoms with van der Waals surface area (Å²) in [6, 6.07) is 0.558. The first-order valence-corrected chi connectivity index (χ1v) is 13.0. The number of nitrogens with zero attached hydrogens (tertiary/aromatic N) is 1. The largest absolute Gasteiger partial charge is 0.492 e. The van der Waals surface area contributed by atoms with Gasteiger partial charge in [-0.25, -0.2) is 4.79 Å². The maximum absolute atomic E-state index is 12.2. The van der Waals surface area contributed by atoms with Crippen molar-refractivity contribution in [1.29, 1.82) is 0 Å².